The Hall–Kier alpha value is -2.37. The van der Waals surface area contributed by atoms with E-state index in [0.29, 0.717) is 17.8 Å². The van der Waals surface area contributed by atoms with E-state index in [1.165, 1.54) is 22.5 Å². The number of nitrogens with zero attached hydrogens (tertiary/aromatic N) is 6. The summed E-state index contributed by atoms with van der Waals surface area (Å²) >= 11 is 0. The molecule has 164 valence electrons. The molecule has 6 heteroatoms. The van der Waals surface area contributed by atoms with Gasteiger partial charge < -0.3 is 0 Å². The van der Waals surface area contributed by atoms with Crippen molar-refractivity contribution >= 4 is 0 Å². The van der Waals surface area contributed by atoms with E-state index in [0.717, 1.165) is 37.3 Å². The second-order valence-electron chi connectivity index (χ2n) is 9.15. The van der Waals surface area contributed by atoms with Gasteiger partial charge in [0.25, 0.3) is 0 Å². The number of hydrogen-bond donors (Lipinski definition) is 0. The van der Waals surface area contributed by atoms with Gasteiger partial charge in [0.15, 0.2) is 0 Å². The van der Waals surface area contributed by atoms with Crippen LogP contribution in [0.2, 0.25) is 0 Å². The highest BCUT2D eigenvalue weighted by Crippen LogP contribution is 2.28. The Morgan fingerprint density at radius 1 is 0.900 bits per heavy atom. The number of aryl methyl sites for hydroxylation is 5. The minimum absolute atomic E-state index is 0.459. The van der Waals surface area contributed by atoms with Crippen LogP contribution < -0.4 is 0 Å². The summed E-state index contributed by atoms with van der Waals surface area (Å²) < 4.78 is 6.29. The van der Waals surface area contributed by atoms with Crippen molar-refractivity contribution in [3.8, 4) is 0 Å². The maximum Gasteiger partial charge on any atom is 0.0631 e. The van der Waals surface area contributed by atoms with Gasteiger partial charge in [0.05, 0.1) is 11.4 Å². The van der Waals surface area contributed by atoms with Crippen LogP contribution >= 0.6 is 0 Å². The van der Waals surface area contributed by atoms with E-state index in [1.807, 2.05) is 17.9 Å². The van der Waals surface area contributed by atoms with Crippen molar-refractivity contribution in [2.24, 2.45) is 7.05 Å². The van der Waals surface area contributed by atoms with Crippen LogP contribution in [0.4, 0.5) is 0 Å². The lowest BCUT2D eigenvalue weighted by atomic mass is 9.96. The van der Waals surface area contributed by atoms with Crippen LogP contribution in [0.5, 0.6) is 0 Å². The average Bonchev–Trinajstić information content (AvgIpc) is 3.35. The molecule has 0 bridgehead atoms. The standard InChI is InChI=1S/C24H38N6/c1-16(2)22-15-29(26-19(22)5)13-10-18(4)24-20(6)27-30(21(24)7)14-11-17(3)23-9-12-25-28(23)8/h9,12,15-18H,10-11,13-14H2,1-8H3. The van der Waals surface area contributed by atoms with E-state index < -0.39 is 0 Å². The molecule has 0 aliphatic carbocycles. The smallest absolute Gasteiger partial charge is 0.0631 e. The van der Waals surface area contributed by atoms with Gasteiger partial charge in [-0.3, -0.25) is 14.0 Å². The lowest BCUT2D eigenvalue weighted by molar-refractivity contribution is 0.500. The quantitative estimate of drug-likeness (QED) is 0.484. The zero-order valence-electron chi connectivity index (χ0n) is 20.0. The molecule has 0 aromatic carbocycles. The van der Waals surface area contributed by atoms with Crippen LogP contribution in [0.15, 0.2) is 18.5 Å². The van der Waals surface area contributed by atoms with Gasteiger partial charge in [0, 0.05) is 43.9 Å². The maximum atomic E-state index is 4.88. The molecule has 3 aromatic rings. The van der Waals surface area contributed by atoms with Crippen molar-refractivity contribution in [1.82, 2.24) is 29.3 Å². The molecule has 0 aliphatic heterocycles. The van der Waals surface area contributed by atoms with Crippen molar-refractivity contribution in [2.45, 2.75) is 92.2 Å². The highest BCUT2D eigenvalue weighted by Gasteiger charge is 2.19. The summed E-state index contributed by atoms with van der Waals surface area (Å²) in [6.45, 7) is 17.4. The van der Waals surface area contributed by atoms with Crippen molar-refractivity contribution in [3.05, 3.63) is 52.4 Å². The minimum atomic E-state index is 0.459. The molecule has 2 atom stereocenters. The van der Waals surface area contributed by atoms with Gasteiger partial charge >= 0.3 is 0 Å². The molecule has 2 unspecified atom stereocenters. The van der Waals surface area contributed by atoms with Crippen LogP contribution in [0, 0.1) is 20.8 Å². The summed E-state index contributed by atoms with van der Waals surface area (Å²) in [5.74, 6) is 1.44. The molecule has 0 amide bonds. The normalized spacial score (nSPS) is 13.9. The molecule has 0 spiro atoms. The molecule has 3 aromatic heterocycles. The third kappa shape index (κ3) is 4.68. The Balaban J connectivity index is 1.64. The van der Waals surface area contributed by atoms with E-state index in [4.69, 9.17) is 10.2 Å². The van der Waals surface area contributed by atoms with Gasteiger partial charge in [-0.25, -0.2) is 0 Å². The second kappa shape index (κ2) is 9.19. The number of hydrogen-bond acceptors (Lipinski definition) is 3. The van der Waals surface area contributed by atoms with Gasteiger partial charge in [0.2, 0.25) is 0 Å². The van der Waals surface area contributed by atoms with Crippen LogP contribution in [-0.2, 0) is 20.1 Å². The molecular formula is C24H38N6. The molecular weight excluding hydrogens is 372 g/mol. The first kappa shape index (κ1) is 22.3. The fraction of sp³-hybridized carbons (Fsp3) is 0.625. The molecule has 0 N–H and O–H groups in total. The zero-order valence-corrected chi connectivity index (χ0v) is 20.0. The summed E-state index contributed by atoms with van der Waals surface area (Å²) in [7, 11) is 2.01. The molecule has 0 saturated carbocycles. The largest absolute Gasteiger partial charge is 0.272 e. The van der Waals surface area contributed by atoms with Gasteiger partial charge in [-0.15, -0.1) is 0 Å². The van der Waals surface area contributed by atoms with E-state index in [2.05, 4.69) is 75.2 Å². The highest BCUT2D eigenvalue weighted by molar-refractivity contribution is 5.28. The van der Waals surface area contributed by atoms with Crippen molar-refractivity contribution < 1.29 is 0 Å². The fourth-order valence-corrected chi connectivity index (χ4v) is 4.66. The van der Waals surface area contributed by atoms with Crippen LogP contribution in [-0.4, -0.2) is 29.3 Å². The number of aromatic nitrogens is 6. The summed E-state index contributed by atoms with van der Waals surface area (Å²) in [5, 5.41) is 13.9. The van der Waals surface area contributed by atoms with Gasteiger partial charge in [-0.05, 0) is 68.6 Å². The van der Waals surface area contributed by atoms with Crippen molar-refractivity contribution in [2.75, 3.05) is 0 Å². The Morgan fingerprint density at radius 3 is 2.20 bits per heavy atom. The lowest BCUT2D eigenvalue weighted by Gasteiger charge is -2.14. The van der Waals surface area contributed by atoms with E-state index in [1.54, 1.807) is 0 Å². The minimum Gasteiger partial charge on any atom is -0.272 e. The summed E-state index contributed by atoms with van der Waals surface area (Å²) in [6.07, 6.45) is 6.22. The van der Waals surface area contributed by atoms with E-state index in [9.17, 15) is 0 Å². The molecule has 0 aliphatic rings. The van der Waals surface area contributed by atoms with Crippen molar-refractivity contribution in [1.29, 1.82) is 0 Å². The first-order valence-corrected chi connectivity index (χ1v) is 11.2. The Kier molecular flexibility index (Phi) is 6.84. The molecule has 30 heavy (non-hydrogen) atoms. The monoisotopic (exact) mass is 410 g/mol. The molecule has 6 nitrogen and oxygen atoms in total. The highest BCUT2D eigenvalue weighted by atomic mass is 15.3. The third-order valence-corrected chi connectivity index (χ3v) is 6.47. The van der Waals surface area contributed by atoms with Gasteiger partial charge in [-0.2, -0.15) is 15.3 Å². The first-order valence-electron chi connectivity index (χ1n) is 11.2. The first-order chi connectivity index (χ1) is 14.2. The van der Waals surface area contributed by atoms with Crippen LogP contribution in [0.25, 0.3) is 0 Å². The molecule has 0 fully saturated rings. The SMILES string of the molecule is Cc1nn(CCC(C)c2c(C)nn(CCC(C)c3ccnn3C)c2C)cc1C(C)C. The molecule has 3 rings (SSSR count). The molecule has 0 radical (unpaired) electrons. The summed E-state index contributed by atoms with van der Waals surface area (Å²) in [5.41, 5.74) is 7.65. The van der Waals surface area contributed by atoms with Gasteiger partial charge in [0.1, 0.15) is 0 Å². The Bertz CT molecular complexity index is 974. The Morgan fingerprint density at radius 2 is 1.60 bits per heavy atom. The molecule has 0 saturated heterocycles. The van der Waals surface area contributed by atoms with E-state index >= 15 is 0 Å². The molecule has 3 heterocycles. The fourth-order valence-electron chi connectivity index (χ4n) is 4.66. The predicted octanol–water partition coefficient (Wildman–Crippen LogP) is 5.25. The number of rotatable bonds is 9. The van der Waals surface area contributed by atoms with Gasteiger partial charge in [-0.1, -0.05) is 27.7 Å². The van der Waals surface area contributed by atoms with Crippen LogP contribution in [0.3, 0.4) is 0 Å². The second-order valence-corrected chi connectivity index (χ2v) is 9.15. The predicted molar refractivity (Wildman–Crippen MR) is 122 cm³/mol. The third-order valence-electron chi connectivity index (χ3n) is 6.47. The van der Waals surface area contributed by atoms with Crippen molar-refractivity contribution in [3.63, 3.8) is 0 Å². The summed E-state index contributed by atoms with van der Waals surface area (Å²) in [4.78, 5) is 0. The van der Waals surface area contributed by atoms with E-state index in [-0.39, 0.29) is 0 Å². The van der Waals surface area contributed by atoms with Crippen LogP contribution in [0.1, 0.15) is 92.2 Å². The summed E-state index contributed by atoms with van der Waals surface area (Å²) in [6, 6.07) is 2.11. The average molecular weight is 411 g/mol. The Labute approximate surface area is 181 Å². The zero-order chi connectivity index (χ0) is 22.0. The maximum absolute atomic E-state index is 4.88. The lowest BCUT2D eigenvalue weighted by Crippen LogP contribution is -2.09. The topological polar surface area (TPSA) is 53.5 Å².